The molecule has 4 N–H and O–H groups in total. The molecule has 0 rings (SSSR count). The standard InChI is InChI=1S/C6H17N3/c1-6(5-8-2)9-4-3-7/h6,8-9H,3-5,7H2,1-2H3. The van der Waals surface area contributed by atoms with Crippen molar-refractivity contribution in [2.75, 3.05) is 26.7 Å². The number of hydrogen-bond acceptors (Lipinski definition) is 3. The molecule has 0 aromatic heterocycles. The molecule has 0 aliphatic rings. The molecule has 0 amide bonds. The van der Waals surface area contributed by atoms with Gasteiger partial charge in [0.05, 0.1) is 0 Å². The van der Waals surface area contributed by atoms with E-state index in [-0.39, 0.29) is 0 Å². The van der Waals surface area contributed by atoms with Crippen molar-refractivity contribution < 1.29 is 0 Å². The van der Waals surface area contributed by atoms with Crippen molar-refractivity contribution >= 4 is 0 Å². The maximum Gasteiger partial charge on any atom is 0.0164 e. The van der Waals surface area contributed by atoms with E-state index in [2.05, 4.69) is 17.6 Å². The molecule has 0 radical (unpaired) electrons. The Hall–Kier alpha value is -0.120. The number of nitrogens with two attached hydrogens (primary N) is 1. The van der Waals surface area contributed by atoms with Gasteiger partial charge in [0.1, 0.15) is 0 Å². The molecule has 0 aromatic rings. The van der Waals surface area contributed by atoms with Crippen LogP contribution in [0.5, 0.6) is 0 Å². The van der Waals surface area contributed by atoms with Crippen LogP contribution in [-0.4, -0.2) is 32.7 Å². The Labute approximate surface area is 57.0 Å². The molecule has 56 valence electrons. The van der Waals surface area contributed by atoms with E-state index in [9.17, 15) is 0 Å². The molecular formula is C6H17N3. The van der Waals surface area contributed by atoms with Crippen LogP contribution < -0.4 is 16.4 Å². The van der Waals surface area contributed by atoms with Crippen molar-refractivity contribution in [3.8, 4) is 0 Å². The second-order valence-electron chi connectivity index (χ2n) is 2.20. The van der Waals surface area contributed by atoms with Crippen LogP contribution in [0.4, 0.5) is 0 Å². The Balaban J connectivity index is 2.95. The first-order chi connectivity index (χ1) is 4.31. The summed E-state index contributed by atoms with van der Waals surface area (Å²) in [4.78, 5) is 0. The molecule has 0 spiro atoms. The van der Waals surface area contributed by atoms with Crippen LogP contribution in [0.3, 0.4) is 0 Å². The molecule has 0 bridgehead atoms. The van der Waals surface area contributed by atoms with Gasteiger partial charge in [0.15, 0.2) is 0 Å². The monoisotopic (exact) mass is 131 g/mol. The summed E-state index contributed by atoms with van der Waals surface area (Å²) in [6.07, 6.45) is 0. The third-order valence-corrected chi connectivity index (χ3v) is 1.15. The van der Waals surface area contributed by atoms with E-state index in [1.165, 1.54) is 0 Å². The van der Waals surface area contributed by atoms with Crippen molar-refractivity contribution in [3.05, 3.63) is 0 Å². The summed E-state index contributed by atoms with van der Waals surface area (Å²) in [7, 11) is 1.95. The smallest absolute Gasteiger partial charge is 0.0164 e. The van der Waals surface area contributed by atoms with Crippen molar-refractivity contribution in [2.45, 2.75) is 13.0 Å². The molecular weight excluding hydrogens is 114 g/mol. The first-order valence-electron chi connectivity index (χ1n) is 3.39. The lowest BCUT2D eigenvalue weighted by Crippen LogP contribution is -2.37. The van der Waals surface area contributed by atoms with Crippen LogP contribution in [0.25, 0.3) is 0 Å². The Kier molecular flexibility index (Phi) is 5.93. The van der Waals surface area contributed by atoms with Crippen LogP contribution in [-0.2, 0) is 0 Å². The molecule has 0 aromatic carbocycles. The summed E-state index contributed by atoms with van der Waals surface area (Å²) in [5.41, 5.74) is 5.29. The van der Waals surface area contributed by atoms with Crippen molar-refractivity contribution in [1.82, 2.24) is 10.6 Å². The van der Waals surface area contributed by atoms with Crippen molar-refractivity contribution in [3.63, 3.8) is 0 Å². The van der Waals surface area contributed by atoms with E-state index in [4.69, 9.17) is 5.73 Å². The van der Waals surface area contributed by atoms with E-state index in [1.807, 2.05) is 7.05 Å². The molecule has 1 unspecified atom stereocenters. The molecule has 0 aliphatic heterocycles. The Bertz CT molecular complexity index is 56.3. The Morgan fingerprint density at radius 1 is 1.56 bits per heavy atom. The third-order valence-electron chi connectivity index (χ3n) is 1.15. The highest BCUT2D eigenvalue weighted by molar-refractivity contribution is 4.61. The molecule has 0 aliphatic carbocycles. The summed E-state index contributed by atoms with van der Waals surface area (Å²) < 4.78 is 0. The van der Waals surface area contributed by atoms with Crippen molar-refractivity contribution in [1.29, 1.82) is 0 Å². The molecule has 0 saturated heterocycles. The van der Waals surface area contributed by atoms with Crippen LogP contribution in [0.1, 0.15) is 6.92 Å². The predicted molar refractivity (Wildman–Crippen MR) is 40.4 cm³/mol. The van der Waals surface area contributed by atoms with Gasteiger partial charge in [-0.25, -0.2) is 0 Å². The highest BCUT2D eigenvalue weighted by atomic mass is 15.0. The van der Waals surface area contributed by atoms with Gasteiger partial charge in [-0.3, -0.25) is 0 Å². The van der Waals surface area contributed by atoms with E-state index in [1.54, 1.807) is 0 Å². The SMILES string of the molecule is CNCC(C)NCCN. The van der Waals surface area contributed by atoms with Gasteiger partial charge in [-0.05, 0) is 14.0 Å². The quantitative estimate of drug-likeness (QED) is 0.455. The van der Waals surface area contributed by atoms with Gasteiger partial charge in [0, 0.05) is 25.7 Å². The average Bonchev–Trinajstić information content (AvgIpc) is 1.85. The topological polar surface area (TPSA) is 50.1 Å². The molecule has 0 heterocycles. The molecule has 1 atom stereocenters. The van der Waals surface area contributed by atoms with Crippen LogP contribution in [0, 0.1) is 0 Å². The fourth-order valence-electron chi connectivity index (χ4n) is 0.708. The molecule has 0 saturated carbocycles. The second-order valence-corrected chi connectivity index (χ2v) is 2.20. The summed E-state index contributed by atoms with van der Waals surface area (Å²) in [5, 5.41) is 6.32. The first-order valence-corrected chi connectivity index (χ1v) is 3.39. The lowest BCUT2D eigenvalue weighted by molar-refractivity contribution is 0.530. The van der Waals surface area contributed by atoms with Crippen LogP contribution in [0.15, 0.2) is 0 Å². The zero-order valence-corrected chi connectivity index (χ0v) is 6.28. The summed E-state index contributed by atoms with van der Waals surface area (Å²) in [5.74, 6) is 0. The first kappa shape index (κ1) is 8.88. The van der Waals surface area contributed by atoms with Gasteiger partial charge in [-0.15, -0.1) is 0 Å². The summed E-state index contributed by atoms with van der Waals surface area (Å²) in [6, 6.07) is 0.526. The minimum atomic E-state index is 0.526. The van der Waals surface area contributed by atoms with E-state index in [0.717, 1.165) is 13.1 Å². The zero-order valence-electron chi connectivity index (χ0n) is 6.28. The third kappa shape index (κ3) is 5.76. The van der Waals surface area contributed by atoms with E-state index < -0.39 is 0 Å². The molecule has 3 nitrogen and oxygen atoms in total. The molecule has 9 heavy (non-hydrogen) atoms. The number of likely N-dealkylation sites (N-methyl/N-ethyl adjacent to an activating group) is 1. The minimum absolute atomic E-state index is 0.526. The molecule has 0 fully saturated rings. The van der Waals surface area contributed by atoms with E-state index in [0.29, 0.717) is 12.6 Å². The van der Waals surface area contributed by atoms with Gasteiger partial charge in [0.2, 0.25) is 0 Å². The lowest BCUT2D eigenvalue weighted by Gasteiger charge is -2.11. The predicted octanol–water partition coefficient (Wildman–Crippen LogP) is -0.857. The van der Waals surface area contributed by atoms with Crippen molar-refractivity contribution in [2.24, 2.45) is 5.73 Å². The van der Waals surface area contributed by atoms with E-state index >= 15 is 0 Å². The van der Waals surface area contributed by atoms with Gasteiger partial charge < -0.3 is 16.4 Å². The second kappa shape index (κ2) is 6.01. The number of hydrogen-bond donors (Lipinski definition) is 3. The fraction of sp³-hybridized carbons (Fsp3) is 1.00. The average molecular weight is 131 g/mol. The number of rotatable bonds is 5. The van der Waals surface area contributed by atoms with Crippen LogP contribution in [0.2, 0.25) is 0 Å². The Morgan fingerprint density at radius 3 is 2.67 bits per heavy atom. The Morgan fingerprint density at radius 2 is 2.22 bits per heavy atom. The van der Waals surface area contributed by atoms with Crippen LogP contribution >= 0.6 is 0 Å². The largest absolute Gasteiger partial charge is 0.329 e. The summed E-state index contributed by atoms with van der Waals surface area (Å²) in [6.45, 7) is 4.75. The lowest BCUT2D eigenvalue weighted by atomic mass is 10.3. The maximum atomic E-state index is 5.29. The summed E-state index contributed by atoms with van der Waals surface area (Å²) >= 11 is 0. The molecule has 3 heteroatoms. The van der Waals surface area contributed by atoms with Gasteiger partial charge in [-0.2, -0.15) is 0 Å². The van der Waals surface area contributed by atoms with Gasteiger partial charge >= 0.3 is 0 Å². The fourth-order valence-corrected chi connectivity index (χ4v) is 0.708. The highest BCUT2D eigenvalue weighted by Gasteiger charge is 1.94. The highest BCUT2D eigenvalue weighted by Crippen LogP contribution is 1.73. The minimum Gasteiger partial charge on any atom is -0.329 e. The maximum absolute atomic E-state index is 5.29. The van der Waals surface area contributed by atoms with Gasteiger partial charge in [0.25, 0.3) is 0 Å². The zero-order chi connectivity index (χ0) is 7.11. The normalized spacial score (nSPS) is 13.7. The number of nitrogens with one attached hydrogen (secondary N) is 2. The van der Waals surface area contributed by atoms with Gasteiger partial charge in [-0.1, -0.05) is 0 Å².